The van der Waals surface area contributed by atoms with Crippen LogP contribution in [0.25, 0.3) is 21.3 Å². The van der Waals surface area contributed by atoms with Gasteiger partial charge in [0.25, 0.3) is 5.56 Å². The number of carboxylic acids is 1. The number of carbonyl (C=O) groups is 1. The maximum absolute atomic E-state index is 13.6. The summed E-state index contributed by atoms with van der Waals surface area (Å²) in [6.07, 6.45) is 0.353. The van der Waals surface area contributed by atoms with Crippen molar-refractivity contribution in [3.05, 3.63) is 51.4 Å². The molecular formula is C23H28N2O4S. The van der Waals surface area contributed by atoms with Crippen molar-refractivity contribution in [3.63, 3.8) is 0 Å². The van der Waals surface area contributed by atoms with Gasteiger partial charge in [0.1, 0.15) is 16.2 Å². The predicted octanol–water partition coefficient (Wildman–Crippen LogP) is 4.43. The third-order valence-corrected chi connectivity index (χ3v) is 6.22. The van der Waals surface area contributed by atoms with Crippen molar-refractivity contribution in [1.82, 2.24) is 9.55 Å². The summed E-state index contributed by atoms with van der Waals surface area (Å²) in [5, 5.41) is 12.1. The van der Waals surface area contributed by atoms with Crippen LogP contribution in [-0.4, -0.2) is 34.3 Å². The van der Waals surface area contributed by atoms with Gasteiger partial charge in [-0.25, -0.2) is 9.78 Å². The van der Waals surface area contributed by atoms with Gasteiger partial charge in [0, 0.05) is 24.5 Å². The number of benzene rings is 1. The topological polar surface area (TPSA) is 81.4 Å². The van der Waals surface area contributed by atoms with Gasteiger partial charge >= 0.3 is 5.97 Å². The van der Waals surface area contributed by atoms with Gasteiger partial charge in [-0.3, -0.25) is 9.36 Å². The molecule has 6 nitrogen and oxygen atoms in total. The summed E-state index contributed by atoms with van der Waals surface area (Å²) < 4.78 is 6.44. The number of thiophene rings is 1. The molecule has 2 aromatic heterocycles. The van der Waals surface area contributed by atoms with Crippen molar-refractivity contribution in [1.29, 1.82) is 0 Å². The summed E-state index contributed by atoms with van der Waals surface area (Å²) in [5.41, 5.74) is 1.16. The first kappa shape index (κ1) is 22.2. The zero-order chi connectivity index (χ0) is 22.3. The van der Waals surface area contributed by atoms with Crippen molar-refractivity contribution >= 4 is 27.5 Å². The zero-order valence-corrected chi connectivity index (χ0v) is 19.1. The smallest absolute Gasteiger partial charge is 0.329 e. The first-order valence-corrected chi connectivity index (χ1v) is 10.7. The monoisotopic (exact) mass is 428 g/mol. The van der Waals surface area contributed by atoms with Gasteiger partial charge < -0.3 is 9.84 Å². The number of aromatic nitrogens is 2. The minimum absolute atomic E-state index is 0.0330. The van der Waals surface area contributed by atoms with E-state index in [0.29, 0.717) is 29.1 Å². The molecule has 0 saturated carbocycles. The SMILES string of the molecule is COCCc1nc2scc(-c3ccc(C(C)(C)C)cc3)c2c(=O)n1C(C)(C)C(=O)O. The summed E-state index contributed by atoms with van der Waals surface area (Å²) in [7, 11) is 1.56. The Bertz CT molecular complexity index is 1130. The van der Waals surface area contributed by atoms with Crippen molar-refractivity contribution < 1.29 is 14.6 Å². The van der Waals surface area contributed by atoms with Gasteiger partial charge in [-0.1, -0.05) is 45.0 Å². The molecule has 0 unspecified atom stereocenters. The lowest BCUT2D eigenvalue weighted by Crippen LogP contribution is -2.45. The van der Waals surface area contributed by atoms with Crippen molar-refractivity contribution in [2.75, 3.05) is 13.7 Å². The molecule has 3 aromatic rings. The molecule has 0 fully saturated rings. The summed E-state index contributed by atoms with van der Waals surface area (Å²) in [6, 6.07) is 8.15. The van der Waals surface area contributed by atoms with Crippen LogP contribution in [0, 0.1) is 0 Å². The molecule has 0 amide bonds. The first-order chi connectivity index (χ1) is 14.0. The summed E-state index contributed by atoms with van der Waals surface area (Å²) in [6.45, 7) is 9.84. The zero-order valence-electron chi connectivity index (χ0n) is 18.3. The Morgan fingerprint density at radius 1 is 1.17 bits per heavy atom. The first-order valence-electron chi connectivity index (χ1n) is 9.85. The lowest BCUT2D eigenvalue weighted by Gasteiger charge is -2.25. The Morgan fingerprint density at radius 3 is 2.33 bits per heavy atom. The quantitative estimate of drug-likeness (QED) is 0.628. The van der Waals surface area contributed by atoms with Gasteiger partial charge in [0.2, 0.25) is 0 Å². The highest BCUT2D eigenvalue weighted by Gasteiger charge is 2.34. The third kappa shape index (κ3) is 3.91. The number of rotatable bonds is 6. The van der Waals surface area contributed by atoms with E-state index in [0.717, 1.165) is 11.1 Å². The standard InChI is InChI=1S/C23H28N2O4S/c1-22(2,3)15-9-7-14(8-10-15)16-13-30-19-18(16)20(26)25(23(4,5)21(27)28)17(24-19)11-12-29-6/h7-10,13H,11-12H2,1-6H3,(H,27,28). The second-order valence-corrected chi connectivity index (χ2v) is 9.79. The molecule has 160 valence electrons. The van der Waals surface area contributed by atoms with E-state index >= 15 is 0 Å². The third-order valence-electron chi connectivity index (χ3n) is 5.35. The highest BCUT2D eigenvalue weighted by molar-refractivity contribution is 7.17. The van der Waals surface area contributed by atoms with Gasteiger partial charge in [-0.2, -0.15) is 0 Å². The van der Waals surface area contributed by atoms with Crippen LogP contribution in [0.4, 0.5) is 0 Å². The molecular weight excluding hydrogens is 400 g/mol. The number of hydrogen-bond acceptors (Lipinski definition) is 5. The molecule has 3 rings (SSSR count). The van der Waals surface area contributed by atoms with Crippen LogP contribution in [0.2, 0.25) is 0 Å². The lowest BCUT2D eigenvalue weighted by atomic mass is 9.86. The van der Waals surface area contributed by atoms with Crippen LogP contribution in [-0.2, 0) is 26.9 Å². The fourth-order valence-corrected chi connectivity index (χ4v) is 4.38. The maximum Gasteiger partial charge on any atom is 0.329 e. The number of hydrogen-bond donors (Lipinski definition) is 1. The van der Waals surface area contributed by atoms with Crippen molar-refractivity contribution in [2.45, 2.75) is 52.0 Å². The summed E-state index contributed by atoms with van der Waals surface area (Å²) >= 11 is 1.40. The molecule has 1 N–H and O–H groups in total. The Hall–Kier alpha value is -2.51. The number of nitrogens with zero attached hydrogens (tertiary/aromatic N) is 2. The molecule has 0 spiro atoms. The molecule has 30 heavy (non-hydrogen) atoms. The van der Waals surface area contributed by atoms with Crippen LogP contribution >= 0.6 is 11.3 Å². The van der Waals surface area contributed by atoms with Gasteiger partial charge in [0.15, 0.2) is 0 Å². The largest absolute Gasteiger partial charge is 0.480 e. The molecule has 0 atom stereocenters. The number of fused-ring (bicyclic) bond motifs is 1. The van der Waals surface area contributed by atoms with Crippen LogP contribution in [0.1, 0.15) is 46.0 Å². The van der Waals surface area contributed by atoms with Gasteiger partial charge in [-0.15, -0.1) is 11.3 Å². The van der Waals surface area contributed by atoms with Gasteiger partial charge in [-0.05, 0) is 30.4 Å². The highest BCUT2D eigenvalue weighted by atomic mass is 32.1. The number of methoxy groups -OCH3 is 1. The van der Waals surface area contributed by atoms with E-state index in [2.05, 4.69) is 37.9 Å². The highest BCUT2D eigenvalue weighted by Crippen LogP contribution is 2.33. The summed E-state index contributed by atoms with van der Waals surface area (Å²) in [5.74, 6) is -0.672. The Kier molecular flexibility index (Phi) is 5.89. The molecule has 2 heterocycles. The fourth-order valence-electron chi connectivity index (χ4n) is 3.43. The molecule has 0 saturated heterocycles. The van der Waals surface area contributed by atoms with E-state index in [-0.39, 0.29) is 11.0 Å². The normalized spacial score (nSPS) is 12.5. The van der Waals surface area contributed by atoms with E-state index in [1.165, 1.54) is 35.3 Å². The molecule has 0 aliphatic heterocycles. The summed E-state index contributed by atoms with van der Waals surface area (Å²) in [4.78, 5) is 30.8. The Balaban J connectivity index is 2.25. The lowest BCUT2D eigenvalue weighted by molar-refractivity contribution is -0.146. The molecule has 0 aliphatic carbocycles. The second-order valence-electron chi connectivity index (χ2n) is 8.93. The average Bonchev–Trinajstić information content (AvgIpc) is 3.09. The van der Waals surface area contributed by atoms with E-state index in [4.69, 9.17) is 4.74 Å². The van der Waals surface area contributed by atoms with E-state index in [9.17, 15) is 14.7 Å². The van der Waals surface area contributed by atoms with E-state index in [1.807, 2.05) is 17.5 Å². The maximum atomic E-state index is 13.6. The predicted molar refractivity (Wildman–Crippen MR) is 121 cm³/mol. The molecule has 1 aromatic carbocycles. The van der Waals surface area contributed by atoms with Crippen molar-refractivity contribution in [2.24, 2.45) is 0 Å². The van der Waals surface area contributed by atoms with Crippen LogP contribution in [0.3, 0.4) is 0 Å². The Labute approximate surface area is 180 Å². The fraction of sp³-hybridized carbons (Fsp3) is 0.435. The van der Waals surface area contributed by atoms with Crippen LogP contribution in [0.5, 0.6) is 0 Å². The minimum Gasteiger partial charge on any atom is -0.480 e. The van der Waals surface area contributed by atoms with Gasteiger partial charge in [0.05, 0.1) is 12.0 Å². The molecule has 7 heteroatoms. The average molecular weight is 429 g/mol. The van der Waals surface area contributed by atoms with Crippen LogP contribution in [0.15, 0.2) is 34.4 Å². The van der Waals surface area contributed by atoms with Crippen molar-refractivity contribution in [3.8, 4) is 11.1 Å². The number of carboxylic acid groups (broad SMARTS) is 1. The second kappa shape index (κ2) is 7.96. The number of aliphatic carboxylic acids is 1. The van der Waals surface area contributed by atoms with Crippen LogP contribution < -0.4 is 5.56 Å². The van der Waals surface area contributed by atoms with E-state index in [1.54, 1.807) is 7.11 Å². The van der Waals surface area contributed by atoms with E-state index < -0.39 is 11.5 Å². The number of ether oxygens (including phenoxy) is 1. The molecule has 0 bridgehead atoms. The molecule has 0 radical (unpaired) electrons. The molecule has 0 aliphatic rings. The Morgan fingerprint density at radius 2 is 1.80 bits per heavy atom. The minimum atomic E-state index is -1.43.